The highest BCUT2D eigenvalue weighted by Gasteiger charge is 2.39. The minimum Gasteiger partial charge on any atom is -0.432 e. The number of hydrogen-bond acceptors (Lipinski definition) is 4. The van der Waals surface area contributed by atoms with E-state index in [9.17, 15) is 4.79 Å². The molecule has 5 heteroatoms. The fraction of sp³-hybridized carbons (Fsp3) is 0.375. The highest BCUT2D eigenvalue weighted by Crippen LogP contribution is 2.28. The van der Waals surface area contributed by atoms with Crippen LogP contribution in [0.4, 0.5) is 0 Å². The number of amides is 1. The first-order valence-electron chi connectivity index (χ1n) is 7.34. The van der Waals surface area contributed by atoms with Gasteiger partial charge in [-0.25, -0.2) is 4.98 Å². The lowest BCUT2D eigenvalue weighted by molar-refractivity contribution is 0.0890. The van der Waals surface area contributed by atoms with E-state index in [4.69, 9.17) is 4.42 Å². The van der Waals surface area contributed by atoms with E-state index in [1.165, 1.54) is 6.42 Å². The first-order valence-corrected chi connectivity index (χ1v) is 7.34. The van der Waals surface area contributed by atoms with E-state index >= 15 is 0 Å². The number of fused-ring (bicyclic) bond motifs is 2. The van der Waals surface area contributed by atoms with Gasteiger partial charge in [-0.3, -0.25) is 4.79 Å². The number of hydrogen-bond donors (Lipinski definition) is 1. The molecular weight excluding hydrogens is 266 g/mol. The molecule has 0 aliphatic carbocycles. The van der Waals surface area contributed by atoms with Crippen LogP contribution in [0.15, 0.2) is 40.9 Å². The van der Waals surface area contributed by atoms with Crippen molar-refractivity contribution in [3.63, 3.8) is 0 Å². The summed E-state index contributed by atoms with van der Waals surface area (Å²) >= 11 is 0. The molecule has 3 unspecified atom stereocenters. The molecule has 1 aromatic heterocycles. The van der Waals surface area contributed by atoms with E-state index in [0.717, 1.165) is 25.2 Å². The third-order valence-corrected chi connectivity index (χ3v) is 4.41. The lowest BCUT2D eigenvalue weighted by Crippen LogP contribution is -2.43. The molecular formula is C16H17N3O2. The summed E-state index contributed by atoms with van der Waals surface area (Å²) in [5.41, 5.74) is 0.926. The van der Waals surface area contributed by atoms with E-state index in [2.05, 4.69) is 15.2 Å². The van der Waals surface area contributed by atoms with Gasteiger partial charge in [0.2, 0.25) is 0 Å². The highest BCUT2D eigenvalue weighted by atomic mass is 16.4. The van der Waals surface area contributed by atoms with Gasteiger partial charge in [-0.05, 0) is 18.9 Å². The minimum atomic E-state index is -0.212. The summed E-state index contributed by atoms with van der Waals surface area (Å²) in [4.78, 5) is 18.7. The lowest BCUT2D eigenvalue weighted by Gasteiger charge is -2.22. The predicted octanol–water partition coefficient (Wildman–Crippen LogP) is 1.78. The molecule has 108 valence electrons. The Hall–Kier alpha value is -2.14. The van der Waals surface area contributed by atoms with Crippen LogP contribution in [-0.4, -0.2) is 41.5 Å². The molecule has 2 aliphatic heterocycles. The minimum absolute atomic E-state index is 0.145. The third kappa shape index (κ3) is 2.34. The van der Waals surface area contributed by atoms with Crippen molar-refractivity contribution in [1.82, 2.24) is 15.2 Å². The highest BCUT2D eigenvalue weighted by molar-refractivity contribution is 5.90. The number of nitrogens with one attached hydrogen (secondary N) is 1. The van der Waals surface area contributed by atoms with Crippen molar-refractivity contribution < 1.29 is 9.21 Å². The van der Waals surface area contributed by atoms with E-state index in [1.807, 2.05) is 30.3 Å². The van der Waals surface area contributed by atoms with Crippen molar-refractivity contribution >= 4 is 5.91 Å². The van der Waals surface area contributed by atoms with Crippen molar-refractivity contribution in [1.29, 1.82) is 0 Å². The van der Waals surface area contributed by atoms with Crippen molar-refractivity contribution in [2.24, 2.45) is 5.92 Å². The molecule has 0 saturated carbocycles. The number of carbonyl (C=O) groups is 1. The second-order valence-corrected chi connectivity index (χ2v) is 5.78. The predicted molar refractivity (Wildman–Crippen MR) is 77.7 cm³/mol. The second-order valence-electron chi connectivity index (χ2n) is 5.78. The molecule has 2 saturated heterocycles. The molecule has 2 bridgehead atoms. The summed E-state index contributed by atoms with van der Waals surface area (Å²) in [6.45, 7) is 3.21. The number of oxazole rings is 1. The molecule has 21 heavy (non-hydrogen) atoms. The molecule has 2 aromatic rings. The van der Waals surface area contributed by atoms with Gasteiger partial charge in [0, 0.05) is 24.7 Å². The maximum atomic E-state index is 12.2. The van der Waals surface area contributed by atoms with Crippen LogP contribution < -0.4 is 5.32 Å². The zero-order chi connectivity index (χ0) is 14.2. The number of rotatable bonds is 3. The van der Waals surface area contributed by atoms with Crippen LogP contribution in [0.2, 0.25) is 0 Å². The zero-order valence-electron chi connectivity index (χ0n) is 11.7. The summed E-state index contributed by atoms with van der Waals surface area (Å²) < 4.78 is 5.59. The molecule has 0 radical (unpaired) electrons. The molecule has 3 atom stereocenters. The molecule has 2 aliphatic rings. The average molecular weight is 283 g/mol. The largest absolute Gasteiger partial charge is 0.432 e. The van der Waals surface area contributed by atoms with Gasteiger partial charge in [-0.2, -0.15) is 0 Å². The van der Waals surface area contributed by atoms with Crippen LogP contribution in [0, 0.1) is 5.92 Å². The van der Waals surface area contributed by atoms with Gasteiger partial charge in [0.1, 0.15) is 0 Å². The molecule has 3 heterocycles. The van der Waals surface area contributed by atoms with Gasteiger partial charge in [-0.1, -0.05) is 30.3 Å². The van der Waals surface area contributed by atoms with Crippen molar-refractivity contribution in [3.05, 3.63) is 42.4 Å². The summed E-state index contributed by atoms with van der Waals surface area (Å²) in [7, 11) is 0. The van der Waals surface area contributed by atoms with Crippen LogP contribution >= 0.6 is 0 Å². The summed E-state index contributed by atoms with van der Waals surface area (Å²) in [6.07, 6.45) is 2.78. The number of carbonyl (C=O) groups excluding carboxylic acids is 1. The molecule has 1 N–H and O–H groups in total. The van der Waals surface area contributed by atoms with Crippen LogP contribution in [-0.2, 0) is 0 Å². The average Bonchev–Trinajstić information content (AvgIpc) is 3.24. The van der Waals surface area contributed by atoms with Gasteiger partial charge in [0.25, 0.3) is 5.89 Å². The smallest absolute Gasteiger partial charge is 0.307 e. The van der Waals surface area contributed by atoms with Crippen LogP contribution in [0.5, 0.6) is 0 Å². The Labute approximate surface area is 123 Å². The van der Waals surface area contributed by atoms with E-state index in [1.54, 1.807) is 6.20 Å². The zero-order valence-corrected chi connectivity index (χ0v) is 11.7. The van der Waals surface area contributed by atoms with E-state index in [0.29, 0.717) is 11.7 Å². The third-order valence-electron chi connectivity index (χ3n) is 4.41. The maximum Gasteiger partial charge on any atom is 0.307 e. The molecule has 0 spiro atoms. The van der Waals surface area contributed by atoms with Crippen LogP contribution in [0.25, 0.3) is 11.3 Å². The Bertz CT molecular complexity index is 653. The molecule has 5 nitrogen and oxygen atoms in total. The van der Waals surface area contributed by atoms with Crippen molar-refractivity contribution in [3.8, 4) is 11.3 Å². The monoisotopic (exact) mass is 283 g/mol. The maximum absolute atomic E-state index is 12.2. The van der Waals surface area contributed by atoms with Gasteiger partial charge < -0.3 is 14.6 Å². The number of aromatic nitrogens is 1. The summed E-state index contributed by atoms with van der Waals surface area (Å²) in [6, 6.07) is 9.91. The van der Waals surface area contributed by atoms with Gasteiger partial charge in [-0.15, -0.1) is 0 Å². The van der Waals surface area contributed by atoms with E-state index < -0.39 is 0 Å². The van der Waals surface area contributed by atoms with Crippen LogP contribution in [0.3, 0.4) is 0 Å². The van der Waals surface area contributed by atoms with Gasteiger partial charge in [0.05, 0.1) is 6.20 Å². The van der Waals surface area contributed by atoms with Crippen molar-refractivity contribution in [2.75, 3.05) is 19.6 Å². The molecule has 4 rings (SSSR count). The van der Waals surface area contributed by atoms with Crippen LogP contribution in [0.1, 0.15) is 17.1 Å². The fourth-order valence-electron chi connectivity index (χ4n) is 3.29. The number of benzene rings is 1. The normalized spacial score (nSPS) is 27.0. The topological polar surface area (TPSA) is 58.4 Å². The quantitative estimate of drug-likeness (QED) is 0.932. The van der Waals surface area contributed by atoms with E-state index in [-0.39, 0.29) is 17.8 Å². The standard InChI is InChI=1S/C16H17N3O2/c20-15(18-13-10-19-7-6-12(13)9-19)16-17-8-14(21-16)11-4-2-1-3-5-11/h1-5,8,12-13H,6-7,9-10H2,(H,18,20). The number of piperidine rings is 1. The molecule has 2 fully saturated rings. The van der Waals surface area contributed by atoms with Crippen molar-refractivity contribution in [2.45, 2.75) is 12.5 Å². The van der Waals surface area contributed by atoms with Gasteiger partial charge in [0.15, 0.2) is 5.76 Å². The Balaban J connectivity index is 1.47. The fourth-order valence-corrected chi connectivity index (χ4v) is 3.29. The first-order chi connectivity index (χ1) is 10.3. The molecule has 1 amide bonds. The summed E-state index contributed by atoms with van der Waals surface area (Å²) in [5, 5.41) is 3.05. The Morgan fingerprint density at radius 2 is 2.14 bits per heavy atom. The molecule has 1 aromatic carbocycles. The Morgan fingerprint density at radius 3 is 2.86 bits per heavy atom. The lowest BCUT2D eigenvalue weighted by atomic mass is 10.0. The SMILES string of the molecule is O=C(NC1CN2CCC1C2)c1ncc(-c2ccccc2)o1. The Kier molecular flexibility index (Phi) is 3.00. The second kappa shape index (κ2) is 5.00. The number of nitrogens with zero attached hydrogens (tertiary/aromatic N) is 2. The van der Waals surface area contributed by atoms with Gasteiger partial charge >= 0.3 is 5.91 Å². The summed E-state index contributed by atoms with van der Waals surface area (Å²) in [5.74, 6) is 1.14. The first kappa shape index (κ1) is 12.6. The Morgan fingerprint density at radius 1 is 1.29 bits per heavy atom.